The van der Waals surface area contributed by atoms with Gasteiger partial charge in [0.05, 0.1) is 0 Å². The molecule has 1 aliphatic rings. The van der Waals surface area contributed by atoms with Gasteiger partial charge in [-0.05, 0) is 44.8 Å². The molecule has 1 unspecified atom stereocenters. The van der Waals surface area contributed by atoms with E-state index in [4.69, 9.17) is 5.73 Å². The number of hydrogen-bond donors (Lipinski definition) is 2. The standard InChI is InChI=1S/C14H30N2/c15-11-8-6-4-2-1-3-5-7-9-14-10-12-16-13-14/h14,16H,1-13,15H2. The van der Waals surface area contributed by atoms with E-state index in [1.165, 1.54) is 77.3 Å². The topological polar surface area (TPSA) is 38.0 Å². The van der Waals surface area contributed by atoms with Crippen LogP contribution in [0.1, 0.15) is 64.2 Å². The van der Waals surface area contributed by atoms with Gasteiger partial charge in [-0.2, -0.15) is 0 Å². The predicted molar refractivity (Wildman–Crippen MR) is 71.6 cm³/mol. The summed E-state index contributed by atoms with van der Waals surface area (Å²) in [5, 5.41) is 3.44. The number of nitrogens with two attached hydrogens (primary N) is 1. The van der Waals surface area contributed by atoms with Gasteiger partial charge >= 0.3 is 0 Å². The van der Waals surface area contributed by atoms with Crippen LogP contribution in [0.4, 0.5) is 0 Å². The molecule has 3 N–H and O–H groups in total. The quantitative estimate of drug-likeness (QED) is 0.562. The van der Waals surface area contributed by atoms with Gasteiger partial charge in [0.2, 0.25) is 0 Å². The fourth-order valence-electron chi connectivity index (χ4n) is 2.60. The minimum atomic E-state index is 0.870. The summed E-state index contributed by atoms with van der Waals surface area (Å²) < 4.78 is 0. The first-order valence-electron chi connectivity index (χ1n) is 7.34. The molecule has 1 aliphatic heterocycles. The average molecular weight is 226 g/mol. The Bertz CT molecular complexity index is 142. The summed E-state index contributed by atoms with van der Waals surface area (Å²) in [5.41, 5.74) is 5.46. The lowest BCUT2D eigenvalue weighted by Crippen LogP contribution is -2.08. The monoisotopic (exact) mass is 226 g/mol. The van der Waals surface area contributed by atoms with Crippen LogP contribution < -0.4 is 11.1 Å². The summed E-state index contributed by atoms with van der Waals surface area (Å²) in [6, 6.07) is 0. The van der Waals surface area contributed by atoms with Crippen LogP contribution in [0.3, 0.4) is 0 Å². The van der Waals surface area contributed by atoms with Crippen LogP contribution in [0.25, 0.3) is 0 Å². The molecule has 0 spiro atoms. The van der Waals surface area contributed by atoms with Crippen molar-refractivity contribution in [3.63, 3.8) is 0 Å². The fourth-order valence-corrected chi connectivity index (χ4v) is 2.60. The second-order valence-corrected chi connectivity index (χ2v) is 5.26. The maximum atomic E-state index is 5.46. The van der Waals surface area contributed by atoms with E-state index >= 15 is 0 Å². The largest absolute Gasteiger partial charge is 0.330 e. The molecule has 1 fully saturated rings. The highest BCUT2D eigenvalue weighted by atomic mass is 14.9. The smallest absolute Gasteiger partial charge is 0.00200 e. The number of unbranched alkanes of at least 4 members (excludes halogenated alkanes) is 7. The summed E-state index contributed by atoms with van der Waals surface area (Å²) >= 11 is 0. The molecule has 0 bridgehead atoms. The van der Waals surface area contributed by atoms with Crippen LogP contribution in [0.5, 0.6) is 0 Å². The Hall–Kier alpha value is -0.0800. The molecule has 0 radical (unpaired) electrons. The minimum Gasteiger partial charge on any atom is -0.330 e. The predicted octanol–water partition coefficient (Wildman–Crippen LogP) is 3.07. The average Bonchev–Trinajstić information content (AvgIpc) is 2.80. The number of nitrogens with one attached hydrogen (secondary N) is 1. The van der Waals surface area contributed by atoms with Gasteiger partial charge in [0.25, 0.3) is 0 Å². The zero-order valence-electron chi connectivity index (χ0n) is 10.8. The molecule has 0 aromatic rings. The highest BCUT2D eigenvalue weighted by Crippen LogP contribution is 2.17. The Morgan fingerprint density at radius 2 is 1.50 bits per heavy atom. The third kappa shape index (κ3) is 7.24. The Balaban J connectivity index is 1.71. The Labute approximate surface area is 101 Å². The summed E-state index contributed by atoms with van der Waals surface area (Å²) in [7, 11) is 0. The van der Waals surface area contributed by atoms with Crippen molar-refractivity contribution in [1.29, 1.82) is 0 Å². The Morgan fingerprint density at radius 1 is 0.875 bits per heavy atom. The van der Waals surface area contributed by atoms with E-state index in [1.807, 2.05) is 0 Å². The van der Waals surface area contributed by atoms with Gasteiger partial charge in [0.15, 0.2) is 0 Å². The lowest BCUT2D eigenvalue weighted by Gasteiger charge is -2.07. The van der Waals surface area contributed by atoms with E-state index in [-0.39, 0.29) is 0 Å². The highest BCUT2D eigenvalue weighted by molar-refractivity contribution is 4.70. The lowest BCUT2D eigenvalue weighted by atomic mass is 9.99. The zero-order valence-corrected chi connectivity index (χ0v) is 10.8. The molecule has 96 valence electrons. The maximum absolute atomic E-state index is 5.46. The van der Waals surface area contributed by atoms with Gasteiger partial charge in [-0.15, -0.1) is 0 Å². The maximum Gasteiger partial charge on any atom is -0.00200 e. The van der Waals surface area contributed by atoms with Gasteiger partial charge in [0, 0.05) is 0 Å². The molecule has 2 nitrogen and oxygen atoms in total. The first-order chi connectivity index (χ1) is 7.93. The third-order valence-corrected chi connectivity index (χ3v) is 3.73. The van der Waals surface area contributed by atoms with Gasteiger partial charge < -0.3 is 11.1 Å². The third-order valence-electron chi connectivity index (χ3n) is 3.73. The normalized spacial score (nSPS) is 20.4. The molecule has 2 heteroatoms. The van der Waals surface area contributed by atoms with Crippen LogP contribution in [0.2, 0.25) is 0 Å². The van der Waals surface area contributed by atoms with Crippen molar-refractivity contribution in [2.75, 3.05) is 19.6 Å². The van der Waals surface area contributed by atoms with Crippen LogP contribution in [-0.4, -0.2) is 19.6 Å². The molecule has 1 heterocycles. The molecule has 0 saturated carbocycles. The van der Waals surface area contributed by atoms with Crippen molar-refractivity contribution in [2.24, 2.45) is 11.7 Å². The summed E-state index contributed by atoms with van der Waals surface area (Å²) in [5.74, 6) is 0.990. The van der Waals surface area contributed by atoms with Crippen LogP contribution in [0.15, 0.2) is 0 Å². The van der Waals surface area contributed by atoms with Gasteiger partial charge in [-0.3, -0.25) is 0 Å². The molecule has 16 heavy (non-hydrogen) atoms. The molecule has 1 saturated heterocycles. The van der Waals surface area contributed by atoms with Crippen molar-refractivity contribution < 1.29 is 0 Å². The Kier molecular flexibility index (Phi) is 8.83. The summed E-state index contributed by atoms with van der Waals surface area (Å²) in [6.07, 6.45) is 14.0. The molecule has 0 aromatic heterocycles. The van der Waals surface area contributed by atoms with Crippen molar-refractivity contribution in [3.05, 3.63) is 0 Å². The highest BCUT2D eigenvalue weighted by Gasteiger charge is 2.12. The van der Waals surface area contributed by atoms with E-state index in [2.05, 4.69) is 5.32 Å². The van der Waals surface area contributed by atoms with E-state index in [1.54, 1.807) is 0 Å². The molecule has 1 atom stereocenters. The molecular formula is C14H30N2. The minimum absolute atomic E-state index is 0.870. The molecule has 0 aliphatic carbocycles. The van der Waals surface area contributed by atoms with Crippen LogP contribution in [0, 0.1) is 5.92 Å². The summed E-state index contributed by atoms with van der Waals surface area (Å²) in [4.78, 5) is 0. The molecular weight excluding hydrogens is 196 g/mol. The molecule has 1 rings (SSSR count). The second kappa shape index (κ2) is 10.1. The second-order valence-electron chi connectivity index (χ2n) is 5.26. The summed E-state index contributed by atoms with van der Waals surface area (Å²) in [6.45, 7) is 3.40. The fraction of sp³-hybridized carbons (Fsp3) is 1.00. The molecule has 0 aromatic carbocycles. The van der Waals surface area contributed by atoms with Crippen molar-refractivity contribution in [3.8, 4) is 0 Å². The number of rotatable bonds is 10. The number of hydrogen-bond acceptors (Lipinski definition) is 2. The van der Waals surface area contributed by atoms with Gasteiger partial charge in [-0.25, -0.2) is 0 Å². The van der Waals surface area contributed by atoms with Crippen LogP contribution >= 0.6 is 0 Å². The van der Waals surface area contributed by atoms with Gasteiger partial charge in [-0.1, -0.05) is 44.9 Å². The lowest BCUT2D eigenvalue weighted by molar-refractivity contribution is 0.479. The van der Waals surface area contributed by atoms with E-state index in [0.717, 1.165) is 12.5 Å². The zero-order chi connectivity index (χ0) is 11.5. The van der Waals surface area contributed by atoms with E-state index in [0.29, 0.717) is 0 Å². The first kappa shape index (κ1) is 14.0. The van der Waals surface area contributed by atoms with Crippen molar-refractivity contribution in [2.45, 2.75) is 64.2 Å². The Morgan fingerprint density at radius 3 is 2.06 bits per heavy atom. The van der Waals surface area contributed by atoms with E-state index in [9.17, 15) is 0 Å². The van der Waals surface area contributed by atoms with Crippen molar-refractivity contribution in [1.82, 2.24) is 5.32 Å². The molecule has 0 amide bonds. The SMILES string of the molecule is NCCCCCCCCCCC1CCNC1. The van der Waals surface area contributed by atoms with Gasteiger partial charge in [0.1, 0.15) is 0 Å². The van der Waals surface area contributed by atoms with Crippen molar-refractivity contribution >= 4 is 0 Å². The van der Waals surface area contributed by atoms with E-state index < -0.39 is 0 Å². The first-order valence-corrected chi connectivity index (χ1v) is 7.34. The van der Waals surface area contributed by atoms with Crippen LogP contribution in [-0.2, 0) is 0 Å².